The van der Waals surface area contributed by atoms with Gasteiger partial charge in [-0.15, -0.1) is 0 Å². The molecule has 0 radical (unpaired) electrons. The van der Waals surface area contributed by atoms with Crippen LogP contribution >= 0.6 is 0 Å². The Morgan fingerprint density at radius 2 is 1.47 bits per heavy atom. The van der Waals surface area contributed by atoms with Gasteiger partial charge in [0.25, 0.3) is 20.0 Å². The van der Waals surface area contributed by atoms with E-state index in [1.54, 1.807) is 0 Å². The lowest BCUT2D eigenvalue weighted by atomic mass is 10.2. The van der Waals surface area contributed by atoms with Crippen molar-refractivity contribution in [2.45, 2.75) is 28.8 Å². The van der Waals surface area contributed by atoms with Gasteiger partial charge in [0.05, 0.1) is 28.2 Å². The third-order valence-corrected chi connectivity index (χ3v) is 8.46. The first-order valence-corrected chi connectivity index (χ1v) is 14.1. The van der Waals surface area contributed by atoms with Crippen molar-refractivity contribution in [1.82, 2.24) is 0 Å². The smallest absolute Gasteiger partial charge is 0.416 e. The van der Waals surface area contributed by atoms with Crippen LogP contribution in [0.4, 0.5) is 30.2 Å². The number of nitrogens with zero attached hydrogens (tertiary/aromatic N) is 1. The topological polar surface area (TPSA) is 122 Å². The average molecular weight is 570 g/mol. The molecular weight excluding hydrogens is 547 g/mol. The maximum Gasteiger partial charge on any atom is 0.416 e. The van der Waals surface area contributed by atoms with Crippen molar-refractivity contribution in [1.29, 1.82) is 0 Å². The maximum atomic E-state index is 13.0. The lowest BCUT2D eigenvalue weighted by Crippen LogP contribution is -2.25. The van der Waals surface area contributed by atoms with Crippen LogP contribution in [0.5, 0.6) is 5.75 Å². The van der Waals surface area contributed by atoms with Gasteiger partial charge in [0.15, 0.2) is 0 Å². The zero-order valence-corrected chi connectivity index (χ0v) is 21.5. The van der Waals surface area contributed by atoms with Crippen molar-refractivity contribution in [3.63, 3.8) is 0 Å². The first-order valence-electron chi connectivity index (χ1n) is 11.1. The molecule has 0 saturated carbocycles. The fourth-order valence-corrected chi connectivity index (χ4v) is 5.97. The Morgan fingerprint density at radius 1 is 0.842 bits per heavy atom. The quantitative estimate of drug-likeness (QED) is 0.414. The molecule has 38 heavy (non-hydrogen) atoms. The highest BCUT2D eigenvalue weighted by Crippen LogP contribution is 2.34. The minimum atomic E-state index is -4.64. The van der Waals surface area contributed by atoms with Gasteiger partial charge in [-0.1, -0.05) is 6.07 Å². The summed E-state index contributed by atoms with van der Waals surface area (Å²) < 4.78 is 99.8. The van der Waals surface area contributed by atoms with Gasteiger partial charge in [-0.3, -0.25) is 14.2 Å². The fraction of sp³-hybridized carbons (Fsp3) is 0.208. The van der Waals surface area contributed by atoms with E-state index < -0.39 is 31.8 Å². The number of methoxy groups -OCH3 is 1. The van der Waals surface area contributed by atoms with Crippen LogP contribution in [0.1, 0.15) is 18.4 Å². The van der Waals surface area contributed by atoms with Gasteiger partial charge in [0.1, 0.15) is 5.75 Å². The van der Waals surface area contributed by atoms with Crippen LogP contribution in [-0.4, -0.2) is 36.4 Å². The van der Waals surface area contributed by atoms with Gasteiger partial charge in [-0.2, -0.15) is 13.2 Å². The molecule has 202 valence electrons. The number of carbonyl (C=O) groups is 1. The van der Waals surface area contributed by atoms with E-state index in [0.29, 0.717) is 36.9 Å². The van der Waals surface area contributed by atoms with E-state index in [1.165, 1.54) is 48.4 Å². The number of carbonyl (C=O) groups excluding carboxylic acids is 1. The third kappa shape index (κ3) is 5.86. The number of rotatable bonds is 8. The van der Waals surface area contributed by atoms with Crippen LogP contribution in [0.3, 0.4) is 0 Å². The third-order valence-electron chi connectivity index (χ3n) is 5.68. The van der Waals surface area contributed by atoms with Crippen LogP contribution in [-0.2, 0) is 31.0 Å². The second-order valence-electron chi connectivity index (χ2n) is 8.30. The molecule has 0 bridgehead atoms. The number of nitrogens with one attached hydrogen (secondary N) is 2. The Kier molecular flexibility index (Phi) is 7.30. The summed E-state index contributed by atoms with van der Waals surface area (Å²) in [6.07, 6.45) is -3.67. The van der Waals surface area contributed by atoms with Crippen molar-refractivity contribution >= 4 is 43.0 Å². The Morgan fingerprint density at radius 3 is 2.08 bits per heavy atom. The number of benzene rings is 3. The largest absolute Gasteiger partial charge is 0.495 e. The van der Waals surface area contributed by atoms with Crippen LogP contribution in [0, 0.1) is 0 Å². The summed E-state index contributed by atoms with van der Waals surface area (Å²) in [5.74, 6) is 0.184. The van der Waals surface area contributed by atoms with Gasteiger partial charge in [-0.05, 0) is 67.1 Å². The summed E-state index contributed by atoms with van der Waals surface area (Å²) in [5, 5.41) is 0. The summed E-state index contributed by atoms with van der Waals surface area (Å²) in [6.45, 7) is 0.427. The van der Waals surface area contributed by atoms with E-state index in [9.17, 15) is 34.8 Å². The van der Waals surface area contributed by atoms with Gasteiger partial charge in [-0.25, -0.2) is 16.8 Å². The van der Waals surface area contributed by atoms with Crippen molar-refractivity contribution in [3.05, 3.63) is 72.3 Å². The minimum absolute atomic E-state index is 0.0395. The molecule has 9 nitrogen and oxygen atoms in total. The number of ether oxygens (including phenoxy) is 1. The Hall–Kier alpha value is -3.78. The van der Waals surface area contributed by atoms with Gasteiger partial charge in [0, 0.05) is 24.3 Å². The number of hydrogen-bond donors (Lipinski definition) is 2. The Balaban J connectivity index is 1.53. The Bertz CT molecular complexity index is 1570. The van der Waals surface area contributed by atoms with E-state index >= 15 is 0 Å². The van der Waals surface area contributed by atoms with E-state index in [0.717, 1.165) is 24.3 Å². The maximum absolute atomic E-state index is 13.0. The number of anilines is 3. The van der Waals surface area contributed by atoms with Crippen LogP contribution in [0.15, 0.2) is 76.5 Å². The first-order chi connectivity index (χ1) is 17.8. The molecule has 0 spiro atoms. The molecule has 1 amide bonds. The zero-order valence-electron chi connectivity index (χ0n) is 19.8. The Labute approximate surface area is 217 Å². The van der Waals surface area contributed by atoms with Crippen molar-refractivity contribution in [2.75, 3.05) is 28.0 Å². The SMILES string of the molecule is COc1ccc(S(=O)(=O)Nc2ccc(S(=O)(=O)Nc3cccc(C(F)(F)F)c3)cc2)cc1N1CCCC1=O. The molecular formula is C24H22F3N3O6S2. The lowest BCUT2D eigenvalue weighted by Gasteiger charge is -2.20. The van der Waals surface area contributed by atoms with E-state index in [-0.39, 0.29) is 27.1 Å². The highest BCUT2D eigenvalue weighted by Gasteiger charge is 2.31. The van der Waals surface area contributed by atoms with Gasteiger partial charge in [0.2, 0.25) is 5.91 Å². The lowest BCUT2D eigenvalue weighted by molar-refractivity contribution is -0.137. The summed E-state index contributed by atoms with van der Waals surface area (Å²) in [6, 6.07) is 12.4. The molecule has 1 aliphatic rings. The van der Waals surface area contributed by atoms with Crippen LogP contribution in [0.2, 0.25) is 0 Å². The molecule has 3 aromatic carbocycles. The molecule has 4 rings (SSSR count). The normalized spacial score (nSPS) is 14.4. The minimum Gasteiger partial charge on any atom is -0.495 e. The molecule has 1 aliphatic heterocycles. The molecule has 0 aliphatic carbocycles. The van der Waals surface area contributed by atoms with E-state index in [2.05, 4.69) is 9.44 Å². The van der Waals surface area contributed by atoms with E-state index in [4.69, 9.17) is 4.74 Å². The second kappa shape index (κ2) is 10.2. The molecule has 0 aromatic heterocycles. The molecule has 14 heteroatoms. The zero-order chi connectivity index (χ0) is 27.7. The van der Waals surface area contributed by atoms with Crippen molar-refractivity contribution < 1.29 is 39.5 Å². The van der Waals surface area contributed by atoms with E-state index in [1.807, 2.05) is 0 Å². The standard InChI is InChI=1S/C24H22F3N3O6S2/c1-36-22-12-11-20(15-21(22)30-13-3-6-23(30)31)38(34,35)28-17-7-9-19(10-8-17)37(32,33)29-18-5-2-4-16(14-18)24(25,26)27/h2,4-5,7-12,14-15,28-29H,3,6,13H2,1H3. The average Bonchev–Trinajstić information content (AvgIpc) is 3.28. The van der Waals surface area contributed by atoms with Crippen LogP contribution in [0.25, 0.3) is 0 Å². The number of hydrogen-bond acceptors (Lipinski definition) is 6. The number of alkyl halides is 3. The predicted molar refractivity (Wildman–Crippen MR) is 134 cm³/mol. The van der Waals surface area contributed by atoms with Crippen LogP contribution < -0.4 is 19.1 Å². The predicted octanol–water partition coefficient (Wildman–Crippen LogP) is 4.44. The number of sulfonamides is 2. The first kappa shape index (κ1) is 27.3. The van der Waals surface area contributed by atoms with Gasteiger partial charge >= 0.3 is 6.18 Å². The van der Waals surface area contributed by atoms with Gasteiger partial charge < -0.3 is 9.64 Å². The molecule has 1 heterocycles. The summed E-state index contributed by atoms with van der Waals surface area (Å²) in [5.41, 5.74) is -0.938. The fourth-order valence-electron chi connectivity index (χ4n) is 3.84. The highest BCUT2D eigenvalue weighted by atomic mass is 32.2. The summed E-state index contributed by atoms with van der Waals surface area (Å²) in [7, 11) is -6.99. The molecule has 2 N–H and O–H groups in total. The number of halogens is 3. The molecule has 3 aromatic rings. The molecule has 1 fully saturated rings. The van der Waals surface area contributed by atoms with Crippen molar-refractivity contribution in [2.24, 2.45) is 0 Å². The molecule has 0 unspecified atom stereocenters. The summed E-state index contributed by atoms with van der Waals surface area (Å²) >= 11 is 0. The monoisotopic (exact) mass is 569 g/mol. The van der Waals surface area contributed by atoms with Crippen molar-refractivity contribution in [3.8, 4) is 5.75 Å². The second-order valence-corrected chi connectivity index (χ2v) is 11.7. The molecule has 1 saturated heterocycles. The highest BCUT2D eigenvalue weighted by molar-refractivity contribution is 7.93. The molecule has 0 atom stereocenters. The summed E-state index contributed by atoms with van der Waals surface area (Å²) in [4.78, 5) is 13.2. The number of amides is 1.